The maximum absolute atomic E-state index is 13.4. The van der Waals surface area contributed by atoms with E-state index in [0.29, 0.717) is 5.56 Å². The van der Waals surface area contributed by atoms with Gasteiger partial charge in [-0.1, -0.05) is 60.7 Å². The van der Waals surface area contributed by atoms with E-state index in [9.17, 15) is 13.2 Å². The van der Waals surface area contributed by atoms with Gasteiger partial charge in [-0.15, -0.1) is 0 Å². The van der Waals surface area contributed by atoms with Crippen molar-refractivity contribution in [3.63, 3.8) is 0 Å². The number of ether oxygens (including phenoxy) is 1. The van der Waals surface area contributed by atoms with Gasteiger partial charge in [-0.3, -0.25) is 0 Å². The molecule has 98 valence electrons. The summed E-state index contributed by atoms with van der Waals surface area (Å²) in [5.41, 5.74) is -1.50. The van der Waals surface area contributed by atoms with Crippen LogP contribution in [0.15, 0.2) is 60.7 Å². The van der Waals surface area contributed by atoms with Gasteiger partial charge in [0.05, 0.1) is 0 Å². The monoisotopic (exact) mass is 264 g/mol. The zero-order chi connectivity index (χ0) is 13.5. The van der Waals surface area contributed by atoms with Crippen LogP contribution in [0.25, 0.3) is 0 Å². The summed E-state index contributed by atoms with van der Waals surface area (Å²) in [4.78, 5) is 0. The number of benzene rings is 2. The van der Waals surface area contributed by atoms with Crippen LogP contribution in [0, 0.1) is 0 Å². The van der Waals surface area contributed by atoms with E-state index in [-0.39, 0.29) is 5.56 Å². The van der Waals surface area contributed by atoms with Gasteiger partial charge >= 0.3 is 6.18 Å². The quantitative estimate of drug-likeness (QED) is 0.740. The van der Waals surface area contributed by atoms with E-state index in [1.54, 1.807) is 48.5 Å². The molecule has 1 saturated heterocycles. The van der Waals surface area contributed by atoms with Gasteiger partial charge in [0, 0.05) is 0 Å². The van der Waals surface area contributed by atoms with Gasteiger partial charge in [-0.05, 0) is 11.1 Å². The van der Waals surface area contributed by atoms with Crippen molar-refractivity contribution in [2.45, 2.75) is 17.9 Å². The Morgan fingerprint density at radius 2 is 1.37 bits per heavy atom. The molecule has 2 aromatic carbocycles. The smallest absolute Gasteiger partial charge is 0.346 e. The molecule has 1 nitrogen and oxygen atoms in total. The van der Waals surface area contributed by atoms with E-state index < -0.39 is 17.9 Å². The maximum atomic E-state index is 13.4. The maximum Gasteiger partial charge on any atom is 0.424 e. The Hall–Kier alpha value is -1.81. The third kappa shape index (κ3) is 1.83. The van der Waals surface area contributed by atoms with Crippen molar-refractivity contribution in [3.8, 4) is 0 Å². The second-order valence-corrected chi connectivity index (χ2v) is 4.51. The molecule has 3 rings (SSSR count). The molecular formula is C15H11F3O. The van der Waals surface area contributed by atoms with Crippen molar-refractivity contribution in [2.75, 3.05) is 0 Å². The van der Waals surface area contributed by atoms with Crippen LogP contribution in [0.1, 0.15) is 17.2 Å². The molecule has 0 N–H and O–H groups in total. The average molecular weight is 264 g/mol. The Morgan fingerprint density at radius 1 is 0.842 bits per heavy atom. The number of epoxide rings is 1. The molecule has 1 aliphatic rings. The predicted octanol–water partition coefficient (Wildman–Crippen LogP) is 4.22. The van der Waals surface area contributed by atoms with Crippen molar-refractivity contribution in [3.05, 3.63) is 71.8 Å². The Kier molecular flexibility index (Phi) is 2.64. The molecule has 2 aromatic rings. The van der Waals surface area contributed by atoms with Crippen molar-refractivity contribution in [2.24, 2.45) is 0 Å². The summed E-state index contributed by atoms with van der Waals surface area (Å²) in [7, 11) is 0. The van der Waals surface area contributed by atoms with Crippen LogP contribution in [0.3, 0.4) is 0 Å². The van der Waals surface area contributed by atoms with Crippen LogP contribution in [0.4, 0.5) is 13.2 Å². The van der Waals surface area contributed by atoms with Gasteiger partial charge in [-0.2, -0.15) is 13.2 Å². The summed E-state index contributed by atoms with van der Waals surface area (Å²) < 4.78 is 45.3. The van der Waals surface area contributed by atoms with Gasteiger partial charge in [0.1, 0.15) is 6.10 Å². The first-order valence-electron chi connectivity index (χ1n) is 5.91. The van der Waals surface area contributed by atoms with E-state index >= 15 is 0 Å². The summed E-state index contributed by atoms with van der Waals surface area (Å²) in [5, 5.41) is 0. The van der Waals surface area contributed by atoms with E-state index in [1.807, 2.05) is 0 Å². The van der Waals surface area contributed by atoms with Crippen LogP contribution in [-0.2, 0) is 10.3 Å². The molecule has 0 bridgehead atoms. The number of hydrogen-bond acceptors (Lipinski definition) is 1. The highest BCUT2D eigenvalue weighted by molar-refractivity contribution is 5.37. The van der Waals surface area contributed by atoms with Crippen LogP contribution >= 0.6 is 0 Å². The second-order valence-electron chi connectivity index (χ2n) is 4.51. The van der Waals surface area contributed by atoms with Crippen LogP contribution < -0.4 is 0 Å². The standard InChI is InChI=1S/C15H11F3O/c16-15(17,18)14(12-9-5-2-6-10-12)13(19-14)11-7-3-1-4-8-11/h1-10,13H/t13-,14+/m0/s1. The molecule has 1 fully saturated rings. The minimum atomic E-state index is -4.44. The molecule has 2 atom stereocenters. The molecule has 0 amide bonds. The number of rotatable bonds is 2. The summed E-state index contributed by atoms with van der Waals surface area (Å²) in [6.07, 6.45) is -5.40. The molecule has 19 heavy (non-hydrogen) atoms. The van der Waals surface area contributed by atoms with Gasteiger partial charge in [0.2, 0.25) is 5.60 Å². The first kappa shape index (κ1) is 12.2. The number of alkyl halides is 3. The molecule has 0 aliphatic carbocycles. The Labute approximate surface area is 108 Å². The highest BCUT2D eigenvalue weighted by Gasteiger charge is 2.74. The Morgan fingerprint density at radius 3 is 1.89 bits per heavy atom. The van der Waals surface area contributed by atoms with E-state index in [0.717, 1.165) is 0 Å². The van der Waals surface area contributed by atoms with Gasteiger partial charge in [0.15, 0.2) is 0 Å². The normalized spacial score (nSPS) is 26.2. The first-order chi connectivity index (χ1) is 9.06. The molecule has 0 radical (unpaired) electrons. The van der Waals surface area contributed by atoms with E-state index in [4.69, 9.17) is 4.74 Å². The fraction of sp³-hybridized carbons (Fsp3) is 0.200. The highest BCUT2D eigenvalue weighted by Crippen LogP contribution is 2.64. The summed E-state index contributed by atoms with van der Waals surface area (Å²) in [6.45, 7) is 0. The topological polar surface area (TPSA) is 12.5 Å². The van der Waals surface area contributed by atoms with Crippen molar-refractivity contribution < 1.29 is 17.9 Å². The minimum absolute atomic E-state index is 0.149. The summed E-state index contributed by atoms with van der Waals surface area (Å²) >= 11 is 0. The SMILES string of the molecule is FC(F)(F)[C@]1(c2ccccc2)O[C@H]1c1ccccc1. The molecule has 1 heterocycles. The molecular weight excluding hydrogens is 253 g/mol. The Balaban J connectivity index is 2.04. The zero-order valence-corrected chi connectivity index (χ0v) is 9.89. The van der Waals surface area contributed by atoms with Gasteiger partial charge in [-0.25, -0.2) is 0 Å². The van der Waals surface area contributed by atoms with Gasteiger partial charge < -0.3 is 4.74 Å². The summed E-state index contributed by atoms with van der Waals surface area (Å²) in [6, 6.07) is 16.3. The Bertz CT molecular complexity index is 565. The lowest BCUT2D eigenvalue weighted by Crippen LogP contribution is -2.31. The third-order valence-electron chi connectivity index (χ3n) is 3.34. The zero-order valence-electron chi connectivity index (χ0n) is 9.89. The molecule has 0 spiro atoms. The lowest BCUT2D eigenvalue weighted by molar-refractivity contribution is -0.187. The fourth-order valence-electron chi connectivity index (χ4n) is 2.37. The largest absolute Gasteiger partial charge is 0.424 e. The van der Waals surface area contributed by atoms with Crippen molar-refractivity contribution >= 4 is 0 Å². The van der Waals surface area contributed by atoms with Crippen LogP contribution in [0.2, 0.25) is 0 Å². The average Bonchev–Trinajstić information content (AvgIpc) is 3.17. The molecule has 4 heteroatoms. The van der Waals surface area contributed by atoms with Crippen molar-refractivity contribution in [1.82, 2.24) is 0 Å². The summed E-state index contributed by atoms with van der Waals surface area (Å²) in [5.74, 6) is 0. The second kappa shape index (κ2) is 4.10. The minimum Gasteiger partial charge on any atom is -0.346 e. The number of hydrogen-bond donors (Lipinski definition) is 0. The lowest BCUT2D eigenvalue weighted by atomic mass is 9.91. The first-order valence-corrected chi connectivity index (χ1v) is 5.91. The fourth-order valence-corrected chi connectivity index (χ4v) is 2.37. The lowest BCUT2D eigenvalue weighted by Gasteiger charge is -2.17. The molecule has 0 unspecified atom stereocenters. The number of halogens is 3. The van der Waals surface area contributed by atoms with Crippen LogP contribution in [0.5, 0.6) is 0 Å². The van der Waals surface area contributed by atoms with E-state index in [1.165, 1.54) is 12.1 Å². The third-order valence-corrected chi connectivity index (χ3v) is 3.34. The van der Waals surface area contributed by atoms with Crippen LogP contribution in [-0.4, -0.2) is 6.18 Å². The molecule has 0 saturated carbocycles. The predicted molar refractivity (Wildman–Crippen MR) is 64.4 cm³/mol. The molecule has 1 aliphatic heterocycles. The van der Waals surface area contributed by atoms with Crippen molar-refractivity contribution in [1.29, 1.82) is 0 Å². The van der Waals surface area contributed by atoms with E-state index in [2.05, 4.69) is 0 Å². The molecule has 0 aromatic heterocycles. The highest BCUT2D eigenvalue weighted by atomic mass is 19.4. The van der Waals surface area contributed by atoms with Gasteiger partial charge in [0.25, 0.3) is 0 Å².